The van der Waals surface area contributed by atoms with Crippen LogP contribution < -0.4 is 5.73 Å². The van der Waals surface area contributed by atoms with Gasteiger partial charge in [-0.15, -0.1) is 12.4 Å². The summed E-state index contributed by atoms with van der Waals surface area (Å²) in [5.41, 5.74) is 6.51. The van der Waals surface area contributed by atoms with Gasteiger partial charge in [-0.3, -0.25) is 9.59 Å². The highest BCUT2D eigenvalue weighted by Crippen LogP contribution is 2.28. The van der Waals surface area contributed by atoms with Crippen molar-refractivity contribution in [2.75, 3.05) is 26.2 Å². The van der Waals surface area contributed by atoms with Crippen molar-refractivity contribution in [3.8, 4) is 0 Å². The molecule has 5 nitrogen and oxygen atoms in total. The molecule has 1 saturated carbocycles. The molecule has 0 bridgehead atoms. The predicted octanol–water partition coefficient (Wildman–Crippen LogP) is 2.64. The largest absolute Gasteiger partial charge is 0.339 e. The van der Waals surface area contributed by atoms with Gasteiger partial charge in [0.15, 0.2) is 0 Å². The van der Waals surface area contributed by atoms with Crippen LogP contribution in [0.5, 0.6) is 0 Å². The lowest BCUT2D eigenvalue weighted by molar-refractivity contribution is -0.143. The summed E-state index contributed by atoms with van der Waals surface area (Å²) in [5.74, 6) is 0.116. The monoisotopic (exact) mass is 399 g/mol. The first-order chi connectivity index (χ1) is 12.0. The number of halogens is 2. The summed E-state index contributed by atoms with van der Waals surface area (Å²) in [6, 6.07) is 7.41. The van der Waals surface area contributed by atoms with Crippen molar-refractivity contribution in [3.05, 3.63) is 34.9 Å². The van der Waals surface area contributed by atoms with E-state index in [9.17, 15) is 9.59 Å². The van der Waals surface area contributed by atoms with Gasteiger partial charge in [0.25, 0.3) is 0 Å². The molecule has 0 atom stereocenters. The van der Waals surface area contributed by atoms with Gasteiger partial charge in [0.05, 0.1) is 12.0 Å². The standard InChI is InChI=1S/C19H26ClN3O2.ClH/c20-16-7-3-2-6-15(16)14-17(24)22-10-12-23(13-11-22)18(25)19(21)8-4-1-5-9-19;/h2-3,6-7H,1,4-5,8-14,21H2;1H. The second kappa shape index (κ2) is 9.07. The lowest BCUT2D eigenvalue weighted by Gasteiger charge is -2.41. The number of hydrogen-bond acceptors (Lipinski definition) is 3. The first-order valence-electron chi connectivity index (χ1n) is 9.09. The second-order valence-corrected chi connectivity index (χ2v) is 7.57. The van der Waals surface area contributed by atoms with Crippen molar-refractivity contribution in [1.82, 2.24) is 9.80 Å². The van der Waals surface area contributed by atoms with Crippen LogP contribution in [0.2, 0.25) is 5.02 Å². The second-order valence-electron chi connectivity index (χ2n) is 7.16. The van der Waals surface area contributed by atoms with Crippen molar-refractivity contribution < 1.29 is 9.59 Å². The first-order valence-corrected chi connectivity index (χ1v) is 9.47. The summed E-state index contributed by atoms with van der Waals surface area (Å²) in [6.07, 6.45) is 5.07. The van der Waals surface area contributed by atoms with E-state index in [-0.39, 0.29) is 24.2 Å². The van der Waals surface area contributed by atoms with E-state index in [1.54, 1.807) is 6.07 Å². The van der Waals surface area contributed by atoms with Gasteiger partial charge in [0, 0.05) is 31.2 Å². The third kappa shape index (κ3) is 4.70. The average Bonchev–Trinajstić information content (AvgIpc) is 2.64. The number of hydrogen-bond donors (Lipinski definition) is 1. The molecule has 1 saturated heterocycles. The van der Waals surface area contributed by atoms with E-state index in [4.69, 9.17) is 17.3 Å². The van der Waals surface area contributed by atoms with Gasteiger partial charge in [0.1, 0.15) is 0 Å². The van der Waals surface area contributed by atoms with E-state index in [0.717, 1.165) is 37.7 Å². The number of nitrogens with two attached hydrogens (primary N) is 1. The predicted molar refractivity (Wildman–Crippen MR) is 106 cm³/mol. The lowest BCUT2D eigenvalue weighted by Crippen LogP contribution is -2.60. The highest BCUT2D eigenvalue weighted by Gasteiger charge is 2.39. The minimum absolute atomic E-state index is 0. The number of rotatable bonds is 3. The van der Waals surface area contributed by atoms with Crippen LogP contribution in [0, 0.1) is 0 Å². The van der Waals surface area contributed by atoms with Gasteiger partial charge < -0.3 is 15.5 Å². The smallest absolute Gasteiger partial charge is 0.242 e. The van der Waals surface area contributed by atoms with Gasteiger partial charge >= 0.3 is 0 Å². The quantitative estimate of drug-likeness (QED) is 0.849. The average molecular weight is 400 g/mol. The van der Waals surface area contributed by atoms with Crippen LogP contribution >= 0.6 is 24.0 Å². The Balaban J connectivity index is 0.00000243. The summed E-state index contributed by atoms with van der Waals surface area (Å²) in [4.78, 5) is 28.9. The molecule has 3 rings (SSSR count). The van der Waals surface area contributed by atoms with Crippen LogP contribution in [0.4, 0.5) is 0 Å². The van der Waals surface area contributed by atoms with E-state index in [0.29, 0.717) is 37.6 Å². The normalized spacial score (nSPS) is 19.6. The van der Waals surface area contributed by atoms with E-state index < -0.39 is 5.54 Å². The summed E-state index contributed by atoms with van der Waals surface area (Å²) >= 11 is 6.14. The van der Waals surface area contributed by atoms with Crippen molar-refractivity contribution in [3.63, 3.8) is 0 Å². The zero-order chi connectivity index (χ0) is 17.9. The van der Waals surface area contributed by atoms with Crippen molar-refractivity contribution in [2.45, 2.75) is 44.1 Å². The Labute approximate surface area is 166 Å². The molecule has 2 N–H and O–H groups in total. The fraction of sp³-hybridized carbons (Fsp3) is 0.579. The van der Waals surface area contributed by atoms with Crippen LogP contribution in [0.15, 0.2) is 24.3 Å². The minimum atomic E-state index is -0.692. The van der Waals surface area contributed by atoms with E-state index in [1.165, 1.54) is 0 Å². The molecule has 1 aromatic carbocycles. The SMILES string of the molecule is Cl.NC1(C(=O)N2CCN(C(=O)Cc3ccccc3Cl)CC2)CCCCC1. The Morgan fingerprint density at radius 3 is 2.19 bits per heavy atom. The molecule has 7 heteroatoms. The molecular formula is C19H27Cl2N3O2. The van der Waals surface area contributed by atoms with Gasteiger partial charge in [-0.1, -0.05) is 49.1 Å². The maximum Gasteiger partial charge on any atom is 0.242 e. The number of piperazine rings is 1. The number of carbonyl (C=O) groups is 2. The van der Waals surface area contributed by atoms with E-state index in [1.807, 2.05) is 28.0 Å². The third-order valence-corrected chi connectivity index (χ3v) is 5.76. The van der Waals surface area contributed by atoms with Gasteiger partial charge in [0.2, 0.25) is 11.8 Å². The Kier molecular flexibility index (Phi) is 7.33. The minimum Gasteiger partial charge on any atom is -0.339 e. The molecule has 1 heterocycles. The number of nitrogens with zero attached hydrogens (tertiary/aromatic N) is 2. The van der Waals surface area contributed by atoms with Crippen LogP contribution in [0.1, 0.15) is 37.7 Å². The van der Waals surface area contributed by atoms with Crippen LogP contribution in [-0.4, -0.2) is 53.3 Å². The maximum atomic E-state index is 12.8. The molecule has 0 aromatic heterocycles. The van der Waals surface area contributed by atoms with E-state index >= 15 is 0 Å². The molecule has 26 heavy (non-hydrogen) atoms. The molecule has 0 unspecified atom stereocenters. The highest BCUT2D eigenvalue weighted by molar-refractivity contribution is 6.31. The van der Waals surface area contributed by atoms with Crippen LogP contribution in [0.25, 0.3) is 0 Å². The fourth-order valence-corrected chi connectivity index (χ4v) is 3.99. The number of amides is 2. The molecule has 0 radical (unpaired) electrons. The van der Waals surface area contributed by atoms with Crippen molar-refractivity contribution in [2.24, 2.45) is 5.73 Å². The molecule has 1 aromatic rings. The molecule has 0 spiro atoms. The van der Waals surface area contributed by atoms with Crippen LogP contribution in [-0.2, 0) is 16.0 Å². The Bertz CT molecular complexity index is 639. The highest BCUT2D eigenvalue weighted by atomic mass is 35.5. The third-order valence-electron chi connectivity index (χ3n) is 5.39. The zero-order valence-electron chi connectivity index (χ0n) is 15.0. The van der Waals surface area contributed by atoms with Crippen molar-refractivity contribution >= 4 is 35.8 Å². The summed E-state index contributed by atoms with van der Waals surface area (Å²) < 4.78 is 0. The lowest BCUT2D eigenvalue weighted by atomic mass is 9.81. The molecule has 1 aliphatic carbocycles. The Morgan fingerprint density at radius 2 is 1.58 bits per heavy atom. The van der Waals surface area contributed by atoms with Crippen molar-refractivity contribution in [1.29, 1.82) is 0 Å². The molecular weight excluding hydrogens is 373 g/mol. The molecule has 2 aliphatic rings. The summed E-state index contributed by atoms with van der Waals surface area (Å²) in [6.45, 7) is 2.24. The molecule has 1 aliphatic heterocycles. The fourth-order valence-electron chi connectivity index (χ4n) is 3.79. The van der Waals surface area contributed by atoms with Gasteiger partial charge in [-0.2, -0.15) is 0 Å². The maximum absolute atomic E-state index is 12.8. The Morgan fingerprint density at radius 1 is 1.00 bits per heavy atom. The number of benzene rings is 1. The van der Waals surface area contributed by atoms with E-state index in [2.05, 4.69) is 0 Å². The number of carbonyl (C=O) groups excluding carboxylic acids is 2. The van der Waals surface area contributed by atoms with Crippen LogP contribution in [0.3, 0.4) is 0 Å². The molecule has 2 fully saturated rings. The van der Waals surface area contributed by atoms with Gasteiger partial charge in [-0.25, -0.2) is 0 Å². The molecule has 2 amide bonds. The topological polar surface area (TPSA) is 66.6 Å². The Hall–Kier alpha value is -1.30. The zero-order valence-corrected chi connectivity index (χ0v) is 16.5. The van der Waals surface area contributed by atoms with Gasteiger partial charge in [-0.05, 0) is 24.5 Å². The first kappa shape index (κ1) is 21.0. The summed E-state index contributed by atoms with van der Waals surface area (Å²) in [5, 5.41) is 0.618. The summed E-state index contributed by atoms with van der Waals surface area (Å²) in [7, 11) is 0. The molecule has 144 valence electrons.